The van der Waals surface area contributed by atoms with Crippen LogP contribution in [0.4, 0.5) is 0 Å². The van der Waals surface area contributed by atoms with Crippen LogP contribution in [0, 0.1) is 0 Å². The molecule has 1 saturated heterocycles. The van der Waals surface area contributed by atoms with E-state index in [2.05, 4.69) is 10.6 Å². The summed E-state index contributed by atoms with van der Waals surface area (Å²) in [5.41, 5.74) is 16.1. The Labute approximate surface area is 174 Å². The predicted octanol–water partition coefficient (Wildman–Crippen LogP) is -2.62. The van der Waals surface area contributed by atoms with E-state index in [1.807, 2.05) is 0 Å². The number of unbranched alkanes of at least 4 members (excludes halogenated alkanes) is 1. The standard InChI is InChI=1S/C18H32N6O6/c1-10(15(26)23-12(18(29)30)5-2-3-7-19)22-16(27)13-6-4-8-24(13)17(28)11(20)9-14(21)25/h10-13H,2-9,19-20H2,1H3,(H2,21,25)(H,22,27)(H,23,26)(H,29,30). The van der Waals surface area contributed by atoms with Gasteiger partial charge < -0.3 is 37.8 Å². The Balaban J connectivity index is 2.66. The summed E-state index contributed by atoms with van der Waals surface area (Å²) in [6.07, 6.45) is 2.02. The van der Waals surface area contributed by atoms with Crippen molar-refractivity contribution < 1.29 is 29.1 Å². The molecule has 9 N–H and O–H groups in total. The normalized spacial score (nSPS) is 18.9. The van der Waals surface area contributed by atoms with Crippen LogP contribution in [0.3, 0.4) is 0 Å². The average molecular weight is 428 g/mol. The highest BCUT2D eigenvalue weighted by molar-refractivity contribution is 5.95. The summed E-state index contributed by atoms with van der Waals surface area (Å²) in [4.78, 5) is 60.9. The molecule has 170 valence electrons. The number of nitrogens with two attached hydrogens (primary N) is 3. The molecule has 0 aromatic rings. The Bertz CT molecular complexity index is 657. The minimum atomic E-state index is -1.17. The van der Waals surface area contributed by atoms with E-state index in [0.29, 0.717) is 38.8 Å². The lowest BCUT2D eigenvalue weighted by Crippen LogP contribution is -2.56. The third-order valence-corrected chi connectivity index (χ3v) is 4.89. The molecule has 0 bridgehead atoms. The van der Waals surface area contributed by atoms with Crippen LogP contribution in [0.5, 0.6) is 0 Å². The molecule has 12 nitrogen and oxygen atoms in total. The first-order chi connectivity index (χ1) is 14.1. The monoisotopic (exact) mass is 428 g/mol. The number of hydrogen-bond donors (Lipinski definition) is 6. The fourth-order valence-electron chi connectivity index (χ4n) is 3.24. The molecule has 1 aliphatic rings. The van der Waals surface area contributed by atoms with Crippen LogP contribution in [0.2, 0.25) is 0 Å². The number of carboxylic acids is 1. The van der Waals surface area contributed by atoms with Gasteiger partial charge in [0.05, 0.1) is 12.5 Å². The van der Waals surface area contributed by atoms with Crippen molar-refractivity contribution in [1.82, 2.24) is 15.5 Å². The smallest absolute Gasteiger partial charge is 0.326 e. The summed E-state index contributed by atoms with van der Waals surface area (Å²) in [6, 6.07) is -4.06. The molecule has 4 amide bonds. The second-order valence-corrected chi connectivity index (χ2v) is 7.38. The van der Waals surface area contributed by atoms with Crippen molar-refractivity contribution in [3.8, 4) is 0 Å². The Morgan fingerprint density at radius 2 is 1.83 bits per heavy atom. The molecule has 0 aromatic heterocycles. The number of hydrogen-bond acceptors (Lipinski definition) is 7. The van der Waals surface area contributed by atoms with Crippen LogP contribution in [0.1, 0.15) is 45.4 Å². The van der Waals surface area contributed by atoms with E-state index in [4.69, 9.17) is 17.2 Å². The molecule has 1 heterocycles. The summed E-state index contributed by atoms with van der Waals surface area (Å²) >= 11 is 0. The van der Waals surface area contributed by atoms with E-state index in [9.17, 15) is 29.1 Å². The number of carbonyl (C=O) groups is 5. The SMILES string of the molecule is CC(NC(=O)C1CCCN1C(=O)C(N)CC(N)=O)C(=O)NC(CCCCN)C(=O)O. The number of rotatable bonds is 12. The summed E-state index contributed by atoms with van der Waals surface area (Å²) < 4.78 is 0. The molecule has 0 aromatic carbocycles. The van der Waals surface area contributed by atoms with Crippen molar-refractivity contribution in [3.63, 3.8) is 0 Å². The first-order valence-electron chi connectivity index (χ1n) is 9.96. The van der Waals surface area contributed by atoms with Crippen LogP contribution >= 0.6 is 0 Å². The zero-order valence-corrected chi connectivity index (χ0v) is 17.1. The van der Waals surface area contributed by atoms with Gasteiger partial charge in [-0.15, -0.1) is 0 Å². The Morgan fingerprint density at radius 1 is 1.17 bits per heavy atom. The summed E-state index contributed by atoms with van der Waals surface area (Å²) in [6.45, 7) is 2.14. The number of primary amides is 1. The van der Waals surface area contributed by atoms with Gasteiger partial charge in [0.15, 0.2) is 0 Å². The lowest BCUT2D eigenvalue weighted by Gasteiger charge is -2.27. The van der Waals surface area contributed by atoms with Crippen LogP contribution in [-0.4, -0.2) is 76.9 Å². The maximum atomic E-state index is 12.6. The van der Waals surface area contributed by atoms with E-state index < -0.39 is 53.8 Å². The van der Waals surface area contributed by atoms with Crippen LogP contribution < -0.4 is 27.8 Å². The molecule has 0 aliphatic carbocycles. The minimum absolute atomic E-state index is 0.224. The van der Waals surface area contributed by atoms with Crippen LogP contribution in [0.25, 0.3) is 0 Å². The molecule has 30 heavy (non-hydrogen) atoms. The van der Waals surface area contributed by atoms with E-state index >= 15 is 0 Å². The fourth-order valence-corrected chi connectivity index (χ4v) is 3.24. The van der Waals surface area contributed by atoms with E-state index in [1.54, 1.807) is 0 Å². The third kappa shape index (κ3) is 7.59. The number of amides is 4. The van der Waals surface area contributed by atoms with Gasteiger partial charge in [0, 0.05) is 6.54 Å². The van der Waals surface area contributed by atoms with Gasteiger partial charge in [-0.05, 0) is 45.6 Å². The lowest BCUT2D eigenvalue weighted by molar-refractivity contribution is -0.143. The number of carboxylic acid groups (broad SMARTS) is 1. The number of carbonyl (C=O) groups excluding carboxylic acids is 4. The quantitative estimate of drug-likeness (QED) is 0.181. The van der Waals surface area contributed by atoms with Crippen molar-refractivity contribution >= 4 is 29.6 Å². The van der Waals surface area contributed by atoms with Crippen LogP contribution in [0.15, 0.2) is 0 Å². The van der Waals surface area contributed by atoms with Crippen molar-refractivity contribution in [2.75, 3.05) is 13.1 Å². The summed E-state index contributed by atoms with van der Waals surface area (Å²) in [7, 11) is 0. The van der Waals surface area contributed by atoms with E-state index in [1.165, 1.54) is 11.8 Å². The maximum absolute atomic E-state index is 12.6. The van der Waals surface area contributed by atoms with Crippen molar-refractivity contribution in [2.24, 2.45) is 17.2 Å². The molecule has 0 saturated carbocycles. The second-order valence-electron chi connectivity index (χ2n) is 7.38. The highest BCUT2D eigenvalue weighted by atomic mass is 16.4. The number of likely N-dealkylation sites (tertiary alicyclic amines) is 1. The first kappa shape index (κ1) is 25.3. The zero-order chi connectivity index (χ0) is 22.8. The highest BCUT2D eigenvalue weighted by Crippen LogP contribution is 2.19. The maximum Gasteiger partial charge on any atom is 0.326 e. The molecule has 4 unspecified atom stereocenters. The van der Waals surface area contributed by atoms with Gasteiger partial charge in [0.25, 0.3) is 0 Å². The summed E-state index contributed by atoms with van der Waals surface area (Å²) in [5.74, 6) is -3.65. The van der Waals surface area contributed by atoms with Gasteiger partial charge in [-0.3, -0.25) is 19.2 Å². The van der Waals surface area contributed by atoms with Crippen molar-refractivity contribution in [2.45, 2.75) is 69.6 Å². The zero-order valence-electron chi connectivity index (χ0n) is 17.1. The molecule has 0 radical (unpaired) electrons. The minimum Gasteiger partial charge on any atom is -0.480 e. The van der Waals surface area contributed by atoms with E-state index in [-0.39, 0.29) is 12.8 Å². The highest BCUT2D eigenvalue weighted by Gasteiger charge is 2.37. The van der Waals surface area contributed by atoms with Gasteiger partial charge >= 0.3 is 5.97 Å². The van der Waals surface area contributed by atoms with E-state index in [0.717, 1.165) is 0 Å². The van der Waals surface area contributed by atoms with Gasteiger partial charge in [-0.1, -0.05) is 0 Å². The molecule has 0 spiro atoms. The van der Waals surface area contributed by atoms with Gasteiger partial charge in [0.1, 0.15) is 18.1 Å². The third-order valence-electron chi connectivity index (χ3n) is 4.89. The summed E-state index contributed by atoms with van der Waals surface area (Å²) in [5, 5.41) is 14.2. The fraction of sp³-hybridized carbons (Fsp3) is 0.722. The van der Waals surface area contributed by atoms with Gasteiger partial charge in [0.2, 0.25) is 23.6 Å². The van der Waals surface area contributed by atoms with Gasteiger partial charge in [-0.25, -0.2) is 4.79 Å². The largest absolute Gasteiger partial charge is 0.480 e. The van der Waals surface area contributed by atoms with Crippen molar-refractivity contribution in [1.29, 1.82) is 0 Å². The first-order valence-corrected chi connectivity index (χ1v) is 9.96. The molecule has 12 heteroatoms. The lowest BCUT2D eigenvalue weighted by atomic mass is 10.1. The van der Waals surface area contributed by atoms with Crippen LogP contribution in [-0.2, 0) is 24.0 Å². The number of aliphatic carboxylic acids is 1. The molecule has 1 aliphatic heterocycles. The predicted molar refractivity (Wildman–Crippen MR) is 107 cm³/mol. The Morgan fingerprint density at radius 3 is 2.40 bits per heavy atom. The average Bonchev–Trinajstić information content (AvgIpc) is 3.15. The van der Waals surface area contributed by atoms with Gasteiger partial charge in [-0.2, -0.15) is 0 Å². The molecule has 4 atom stereocenters. The molecule has 1 rings (SSSR count). The van der Waals surface area contributed by atoms with Crippen molar-refractivity contribution in [3.05, 3.63) is 0 Å². The Kier molecular flexibility index (Phi) is 10.2. The number of nitrogens with one attached hydrogen (secondary N) is 2. The molecular weight excluding hydrogens is 396 g/mol. The molecular formula is C18H32N6O6. The molecule has 1 fully saturated rings. The topological polar surface area (TPSA) is 211 Å². The number of nitrogens with zero attached hydrogens (tertiary/aromatic N) is 1. The second kappa shape index (κ2) is 12.1. The Hall–Kier alpha value is -2.73.